The molecule has 0 saturated heterocycles. The first kappa shape index (κ1) is 13.6. The smallest absolute Gasteiger partial charge is 0.193 e. The minimum Gasteiger partial charge on any atom is -0.448 e. The van der Waals surface area contributed by atoms with Crippen molar-refractivity contribution in [2.24, 2.45) is 0 Å². The predicted molar refractivity (Wildman–Crippen MR) is 68.9 cm³/mol. The van der Waals surface area contributed by atoms with Crippen molar-refractivity contribution >= 4 is 11.6 Å². The van der Waals surface area contributed by atoms with Crippen molar-refractivity contribution in [3.63, 3.8) is 0 Å². The third-order valence-corrected chi connectivity index (χ3v) is 2.94. The predicted octanol–water partition coefficient (Wildman–Crippen LogP) is 4.55. The Labute approximate surface area is 103 Å². The van der Waals surface area contributed by atoms with E-state index in [1.807, 2.05) is 12.1 Å². The van der Waals surface area contributed by atoms with Crippen LogP contribution in [0, 0.1) is 0 Å². The van der Waals surface area contributed by atoms with Gasteiger partial charge in [-0.3, -0.25) is 0 Å². The molecule has 1 rings (SSSR count). The van der Waals surface area contributed by atoms with E-state index < -0.39 is 0 Å². The molecule has 1 unspecified atom stereocenters. The highest BCUT2D eigenvalue weighted by molar-refractivity contribution is 6.28. The maximum absolute atomic E-state index is 5.79. The molecule has 16 heavy (non-hydrogen) atoms. The van der Waals surface area contributed by atoms with Crippen LogP contribution in [0.4, 0.5) is 0 Å². The minimum atomic E-state index is 0.314. The molecule has 0 aliphatic heterocycles. The number of halogens is 1. The largest absolute Gasteiger partial charge is 0.448 e. The molecule has 1 atom stereocenters. The molecule has 0 fully saturated rings. The monoisotopic (exact) mass is 243 g/mol. The molecule has 0 bridgehead atoms. The summed E-state index contributed by atoms with van der Waals surface area (Å²) in [6.45, 7) is 5.30. The summed E-state index contributed by atoms with van der Waals surface area (Å²) in [5, 5.41) is 3.91. The number of nitrogens with one attached hydrogen (secondary N) is 1. The van der Waals surface area contributed by atoms with E-state index >= 15 is 0 Å². The Bertz CT molecular complexity index is 285. The lowest BCUT2D eigenvalue weighted by Gasteiger charge is -2.15. The maximum atomic E-state index is 5.79. The number of furan rings is 1. The van der Waals surface area contributed by atoms with Crippen molar-refractivity contribution < 1.29 is 4.42 Å². The molecule has 0 spiro atoms. The molecule has 3 heteroatoms. The zero-order valence-electron chi connectivity index (χ0n) is 10.3. The molecule has 0 saturated carbocycles. The van der Waals surface area contributed by atoms with Crippen molar-refractivity contribution in [1.82, 2.24) is 5.32 Å². The first-order chi connectivity index (χ1) is 7.77. The molecule has 2 nitrogen and oxygen atoms in total. The van der Waals surface area contributed by atoms with Gasteiger partial charge >= 0.3 is 0 Å². The molecule has 1 N–H and O–H groups in total. The normalized spacial score (nSPS) is 12.9. The Balaban J connectivity index is 2.41. The van der Waals surface area contributed by atoms with Gasteiger partial charge in [-0.15, -0.1) is 0 Å². The van der Waals surface area contributed by atoms with Gasteiger partial charge in [-0.05, 0) is 36.7 Å². The van der Waals surface area contributed by atoms with E-state index in [4.69, 9.17) is 16.0 Å². The molecule has 0 aromatic carbocycles. The van der Waals surface area contributed by atoms with Crippen LogP contribution in [0.25, 0.3) is 0 Å². The lowest BCUT2D eigenvalue weighted by atomic mass is 10.1. The molecular formula is C13H22ClNO. The Morgan fingerprint density at radius 2 is 2.06 bits per heavy atom. The second kappa shape index (κ2) is 7.75. The van der Waals surface area contributed by atoms with Crippen molar-refractivity contribution in [3.8, 4) is 0 Å². The topological polar surface area (TPSA) is 25.2 Å². The Morgan fingerprint density at radius 3 is 2.62 bits per heavy atom. The molecule has 0 aliphatic rings. The van der Waals surface area contributed by atoms with Crippen LogP contribution in [0.15, 0.2) is 16.5 Å². The fourth-order valence-electron chi connectivity index (χ4n) is 1.88. The first-order valence-corrected chi connectivity index (χ1v) is 6.64. The van der Waals surface area contributed by atoms with E-state index in [-0.39, 0.29) is 0 Å². The van der Waals surface area contributed by atoms with E-state index in [2.05, 4.69) is 19.2 Å². The summed E-state index contributed by atoms with van der Waals surface area (Å²) in [5.74, 6) is 0.961. The summed E-state index contributed by atoms with van der Waals surface area (Å²) in [4.78, 5) is 0. The Hall–Kier alpha value is -0.470. The van der Waals surface area contributed by atoms with Crippen molar-refractivity contribution in [2.75, 3.05) is 6.54 Å². The van der Waals surface area contributed by atoms with Crippen LogP contribution >= 0.6 is 11.6 Å². The molecule has 92 valence electrons. The second-order valence-electron chi connectivity index (χ2n) is 4.10. The lowest BCUT2D eigenvalue weighted by Crippen LogP contribution is -2.20. The molecule has 0 radical (unpaired) electrons. The van der Waals surface area contributed by atoms with Crippen molar-refractivity contribution in [2.45, 2.75) is 52.0 Å². The summed E-state index contributed by atoms with van der Waals surface area (Å²) < 4.78 is 5.46. The van der Waals surface area contributed by atoms with Gasteiger partial charge in [0.2, 0.25) is 0 Å². The fourth-order valence-corrected chi connectivity index (χ4v) is 2.03. The summed E-state index contributed by atoms with van der Waals surface area (Å²) in [6, 6.07) is 4.09. The average Bonchev–Trinajstić information content (AvgIpc) is 2.69. The van der Waals surface area contributed by atoms with Crippen LogP contribution in [0.5, 0.6) is 0 Å². The Morgan fingerprint density at radius 1 is 1.25 bits per heavy atom. The number of hydrogen-bond acceptors (Lipinski definition) is 2. The number of rotatable bonds is 8. The maximum Gasteiger partial charge on any atom is 0.193 e. The SMILES string of the molecule is CCCCCCC(NCC)c1ccc(Cl)o1. The van der Waals surface area contributed by atoms with Crippen molar-refractivity contribution in [3.05, 3.63) is 23.1 Å². The third-order valence-electron chi connectivity index (χ3n) is 2.73. The van der Waals surface area contributed by atoms with Gasteiger partial charge < -0.3 is 9.73 Å². The van der Waals surface area contributed by atoms with E-state index in [0.717, 1.165) is 18.7 Å². The fraction of sp³-hybridized carbons (Fsp3) is 0.692. The molecule has 0 amide bonds. The summed E-state index contributed by atoms with van der Waals surface area (Å²) in [5.41, 5.74) is 0. The standard InChI is InChI=1S/C13H22ClNO/c1-3-5-6-7-8-11(15-4-2)12-9-10-13(14)16-12/h9-11,15H,3-8H2,1-2H3. The van der Waals surface area contributed by atoms with Crippen LogP contribution in [0.2, 0.25) is 5.22 Å². The minimum absolute atomic E-state index is 0.314. The lowest BCUT2D eigenvalue weighted by molar-refractivity contribution is 0.391. The van der Waals surface area contributed by atoms with Crippen LogP contribution in [0.3, 0.4) is 0 Å². The first-order valence-electron chi connectivity index (χ1n) is 6.26. The summed E-state index contributed by atoms with van der Waals surface area (Å²) >= 11 is 5.79. The molecule has 1 aromatic rings. The van der Waals surface area contributed by atoms with E-state index in [1.54, 1.807) is 0 Å². The van der Waals surface area contributed by atoms with E-state index in [0.29, 0.717) is 11.3 Å². The van der Waals surface area contributed by atoms with Gasteiger partial charge in [-0.2, -0.15) is 0 Å². The van der Waals surface area contributed by atoms with E-state index in [1.165, 1.54) is 25.7 Å². The quantitative estimate of drug-likeness (QED) is 0.678. The second-order valence-corrected chi connectivity index (χ2v) is 4.47. The molecule has 1 heterocycles. The third kappa shape index (κ3) is 4.58. The summed E-state index contributed by atoms with van der Waals surface area (Å²) in [7, 11) is 0. The highest BCUT2D eigenvalue weighted by atomic mass is 35.5. The number of unbranched alkanes of at least 4 members (excludes halogenated alkanes) is 3. The van der Waals surface area contributed by atoms with E-state index in [9.17, 15) is 0 Å². The zero-order valence-corrected chi connectivity index (χ0v) is 11.0. The van der Waals surface area contributed by atoms with Crippen LogP contribution in [0.1, 0.15) is 57.8 Å². The van der Waals surface area contributed by atoms with Gasteiger partial charge in [0.05, 0.1) is 6.04 Å². The van der Waals surface area contributed by atoms with Crippen molar-refractivity contribution in [1.29, 1.82) is 0 Å². The number of hydrogen-bond donors (Lipinski definition) is 1. The van der Waals surface area contributed by atoms with Gasteiger partial charge in [0.15, 0.2) is 5.22 Å². The zero-order chi connectivity index (χ0) is 11.8. The van der Waals surface area contributed by atoms with Gasteiger partial charge in [0.1, 0.15) is 5.76 Å². The average molecular weight is 244 g/mol. The Kier molecular flexibility index (Phi) is 6.58. The molecular weight excluding hydrogens is 222 g/mol. The van der Waals surface area contributed by atoms with Crippen LogP contribution in [-0.2, 0) is 0 Å². The highest BCUT2D eigenvalue weighted by Crippen LogP contribution is 2.24. The van der Waals surface area contributed by atoms with Crippen LogP contribution < -0.4 is 5.32 Å². The van der Waals surface area contributed by atoms with Crippen LogP contribution in [-0.4, -0.2) is 6.54 Å². The van der Waals surface area contributed by atoms with Gasteiger partial charge in [-0.1, -0.05) is 39.5 Å². The summed E-state index contributed by atoms with van der Waals surface area (Å²) in [6.07, 6.45) is 6.25. The van der Waals surface area contributed by atoms with Gasteiger partial charge in [-0.25, -0.2) is 0 Å². The van der Waals surface area contributed by atoms with Gasteiger partial charge in [0, 0.05) is 0 Å². The molecule has 0 aliphatic carbocycles. The van der Waals surface area contributed by atoms with Gasteiger partial charge in [0.25, 0.3) is 0 Å². The highest BCUT2D eigenvalue weighted by Gasteiger charge is 2.13. The molecule has 1 aromatic heterocycles.